The maximum Gasteiger partial charge on any atom is 0.304 e. The van der Waals surface area contributed by atoms with Crippen molar-refractivity contribution >= 4 is 44.9 Å². The number of carboxylic acids is 1. The van der Waals surface area contributed by atoms with Crippen molar-refractivity contribution < 1.29 is 27.5 Å². The molecule has 6 nitrogen and oxygen atoms in total. The number of aliphatic carboxylic acids is 1. The molecular weight excluding hydrogens is 528 g/mol. The molecule has 2 aromatic carbocycles. The highest BCUT2D eigenvalue weighted by Gasteiger charge is 2.52. The first-order valence-electron chi connectivity index (χ1n) is 11.8. The van der Waals surface area contributed by atoms with Crippen LogP contribution in [0.5, 0.6) is 0 Å². The van der Waals surface area contributed by atoms with Gasteiger partial charge in [-0.2, -0.15) is 0 Å². The maximum absolute atomic E-state index is 14.5. The Morgan fingerprint density at radius 3 is 2.31 bits per heavy atom. The van der Waals surface area contributed by atoms with Crippen LogP contribution in [0.1, 0.15) is 63.1 Å². The maximum atomic E-state index is 14.5. The van der Waals surface area contributed by atoms with Crippen LogP contribution in [-0.2, 0) is 19.4 Å². The van der Waals surface area contributed by atoms with Crippen LogP contribution in [0, 0.1) is 11.2 Å². The van der Waals surface area contributed by atoms with Gasteiger partial charge >= 0.3 is 5.97 Å². The van der Waals surface area contributed by atoms with Gasteiger partial charge in [0.1, 0.15) is 5.82 Å². The van der Waals surface area contributed by atoms with Gasteiger partial charge in [0.2, 0.25) is 5.91 Å². The van der Waals surface area contributed by atoms with Crippen LogP contribution in [0.15, 0.2) is 42.5 Å². The molecule has 1 amide bonds. The molecule has 1 fully saturated rings. The van der Waals surface area contributed by atoms with Crippen LogP contribution >= 0.6 is 23.2 Å². The second-order valence-corrected chi connectivity index (χ2v) is 12.9. The zero-order valence-corrected chi connectivity index (χ0v) is 22.7. The van der Waals surface area contributed by atoms with Gasteiger partial charge in [-0.3, -0.25) is 9.59 Å². The van der Waals surface area contributed by atoms with E-state index in [0.717, 1.165) is 0 Å². The minimum absolute atomic E-state index is 0.0908. The number of hydrogen-bond donors (Lipinski definition) is 1. The molecule has 0 spiro atoms. The first-order valence-corrected chi connectivity index (χ1v) is 14.3. The molecule has 2 aromatic rings. The number of benzene rings is 2. The van der Waals surface area contributed by atoms with Gasteiger partial charge in [-0.1, -0.05) is 56.1 Å². The highest BCUT2D eigenvalue weighted by Crippen LogP contribution is 2.52. The van der Waals surface area contributed by atoms with Crippen molar-refractivity contribution in [2.24, 2.45) is 5.41 Å². The number of piperidine rings is 1. The Hall–Kier alpha value is -2.16. The minimum Gasteiger partial charge on any atom is -0.481 e. The van der Waals surface area contributed by atoms with Crippen molar-refractivity contribution in [3.05, 3.63) is 69.5 Å². The quantitative estimate of drug-likeness (QED) is 0.415. The number of carboxylic acid groups (broad SMARTS) is 1. The number of carbonyl (C=O) groups is 2. The first-order chi connectivity index (χ1) is 16.8. The number of hydrogen-bond acceptors (Lipinski definition) is 4. The lowest BCUT2D eigenvalue weighted by atomic mass is 9.67. The zero-order chi connectivity index (χ0) is 26.8. The number of carbonyl (C=O) groups excluding carboxylic acids is 1. The van der Waals surface area contributed by atoms with Crippen LogP contribution < -0.4 is 0 Å². The minimum atomic E-state index is -3.48. The van der Waals surface area contributed by atoms with Crippen LogP contribution in [0.4, 0.5) is 4.39 Å². The van der Waals surface area contributed by atoms with Crippen LogP contribution in [-0.4, -0.2) is 47.8 Å². The summed E-state index contributed by atoms with van der Waals surface area (Å²) < 4.78 is 39.8. The van der Waals surface area contributed by atoms with E-state index in [0.29, 0.717) is 22.6 Å². The lowest BCUT2D eigenvalue weighted by Gasteiger charge is -2.51. The fourth-order valence-electron chi connectivity index (χ4n) is 5.14. The molecule has 1 saturated heterocycles. The number of nitrogens with zero attached hydrogens (tertiary/aromatic N) is 1. The summed E-state index contributed by atoms with van der Waals surface area (Å²) in [6.07, 6.45) is -0.0142. The first kappa shape index (κ1) is 28.4. The molecule has 3 rings (SSSR count). The summed E-state index contributed by atoms with van der Waals surface area (Å²) >= 11 is 12.3. The SMILES string of the molecule is CC[C@@H](CS(=O)(=O)CC)N1C(=O)[C@](C)(CC(=O)O)C[C@H](c2cc(F)cc(Cl)c2)[C@H]1c1ccc(Cl)cc1. The molecule has 1 aliphatic rings. The predicted octanol–water partition coefficient (Wildman–Crippen LogP) is 5.88. The predicted molar refractivity (Wildman–Crippen MR) is 139 cm³/mol. The molecular formula is C26H30Cl2FNO5S. The van der Waals surface area contributed by atoms with E-state index in [-0.39, 0.29) is 22.9 Å². The fraction of sp³-hybridized carbons (Fsp3) is 0.462. The molecule has 1 heterocycles. The smallest absolute Gasteiger partial charge is 0.304 e. The Labute approximate surface area is 221 Å². The number of halogens is 3. The van der Waals surface area contributed by atoms with Crippen LogP contribution in [0.3, 0.4) is 0 Å². The second kappa shape index (κ2) is 11.1. The number of rotatable bonds is 9. The molecule has 0 unspecified atom stereocenters. The van der Waals surface area contributed by atoms with Crippen molar-refractivity contribution in [2.75, 3.05) is 11.5 Å². The summed E-state index contributed by atoms with van der Waals surface area (Å²) in [7, 11) is -3.48. The van der Waals surface area contributed by atoms with Gasteiger partial charge in [0.25, 0.3) is 0 Å². The Bertz CT molecular complexity index is 1220. The molecule has 0 bridgehead atoms. The molecule has 4 atom stereocenters. The van der Waals surface area contributed by atoms with Gasteiger partial charge < -0.3 is 10.0 Å². The van der Waals surface area contributed by atoms with E-state index in [1.54, 1.807) is 51.1 Å². The summed E-state index contributed by atoms with van der Waals surface area (Å²) in [4.78, 5) is 27.4. The number of likely N-dealkylation sites (tertiary alicyclic amines) is 1. The topological polar surface area (TPSA) is 91.8 Å². The Kier molecular flexibility index (Phi) is 8.74. The third-order valence-corrected chi connectivity index (χ3v) is 9.16. The van der Waals surface area contributed by atoms with E-state index < -0.39 is 57.4 Å². The summed E-state index contributed by atoms with van der Waals surface area (Å²) in [5.41, 5.74) is -0.160. The second-order valence-electron chi connectivity index (χ2n) is 9.61. The van der Waals surface area contributed by atoms with Crippen molar-refractivity contribution in [1.82, 2.24) is 4.90 Å². The average molecular weight is 558 g/mol. The highest BCUT2D eigenvalue weighted by molar-refractivity contribution is 7.91. The molecule has 0 radical (unpaired) electrons. The fourth-order valence-corrected chi connectivity index (χ4v) is 6.71. The van der Waals surface area contributed by atoms with Gasteiger partial charge in [0.15, 0.2) is 9.84 Å². The van der Waals surface area contributed by atoms with Gasteiger partial charge in [-0.25, -0.2) is 12.8 Å². The van der Waals surface area contributed by atoms with E-state index >= 15 is 0 Å². The van der Waals surface area contributed by atoms with E-state index in [4.69, 9.17) is 23.2 Å². The van der Waals surface area contributed by atoms with Crippen LogP contribution in [0.2, 0.25) is 10.0 Å². The largest absolute Gasteiger partial charge is 0.481 e. The molecule has 1 N–H and O–H groups in total. The third kappa shape index (κ3) is 6.21. The molecule has 196 valence electrons. The number of sulfone groups is 1. The van der Waals surface area contributed by atoms with Crippen molar-refractivity contribution in [3.8, 4) is 0 Å². The lowest BCUT2D eigenvalue weighted by Crippen LogP contribution is -2.57. The van der Waals surface area contributed by atoms with Gasteiger partial charge in [-0.15, -0.1) is 0 Å². The molecule has 36 heavy (non-hydrogen) atoms. The lowest BCUT2D eigenvalue weighted by molar-refractivity contribution is -0.160. The van der Waals surface area contributed by atoms with Crippen molar-refractivity contribution in [3.63, 3.8) is 0 Å². The van der Waals surface area contributed by atoms with E-state index in [1.807, 2.05) is 0 Å². The molecule has 0 aliphatic carbocycles. The molecule has 0 aromatic heterocycles. The Morgan fingerprint density at radius 2 is 1.78 bits per heavy atom. The number of amides is 1. The highest BCUT2D eigenvalue weighted by atomic mass is 35.5. The summed E-state index contributed by atoms with van der Waals surface area (Å²) in [6, 6.07) is 9.55. The Morgan fingerprint density at radius 1 is 1.14 bits per heavy atom. The van der Waals surface area contributed by atoms with Crippen molar-refractivity contribution in [1.29, 1.82) is 0 Å². The average Bonchev–Trinajstić information content (AvgIpc) is 2.79. The normalized spacial score (nSPS) is 23.5. The van der Waals surface area contributed by atoms with Gasteiger partial charge in [-0.05, 0) is 54.3 Å². The monoisotopic (exact) mass is 557 g/mol. The molecule has 0 saturated carbocycles. The van der Waals surface area contributed by atoms with E-state index in [1.165, 1.54) is 17.0 Å². The Balaban J connectivity index is 2.29. The third-order valence-electron chi connectivity index (χ3n) is 6.92. The summed E-state index contributed by atoms with van der Waals surface area (Å²) in [5, 5.41) is 10.3. The van der Waals surface area contributed by atoms with Gasteiger partial charge in [0.05, 0.1) is 23.6 Å². The van der Waals surface area contributed by atoms with Crippen molar-refractivity contribution in [2.45, 2.75) is 58.0 Å². The summed E-state index contributed by atoms with van der Waals surface area (Å²) in [6.45, 7) is 4.91. The standard InChI is InChI=1S/C26H30Cl2FNO5S/c1-4-21(15-36(34,35)5-2)30-24(16-6-8-18(27)9-7-16)22(17-10-19(28)12-20(29)11-17)13-26(3,25(30)33)14-23(31)32/h6-12,21-22,24H,4-5,13-15H2,1-3H3,(H,31,32)/t21-,22+,24+,26-/m0/s1. The van der Waals surface area contributed by atoms with E-state index in [9.17, 15) is 27.5 Å². The molecule has 10 heteroatoms. The van der Waals surface area contributed by atoms with Crippen LogP contribution in [0.25, 0.3) is 0 Å². The summed E-state index contributed by atoms with van der Waals surface area (Å²) in [5.74, 6) is -3.07. The van der Waals surface area contributed by atoms with E-state index in [2.05, 4.69) is 0 Å². The molecule has 1 aliphatic heterocycles. The zero-order valence-electron chi connectivity index (χ0n) is 20.4. The van der Waals surface area contributed by atoms with Gasteiger partial charge in [0, 0.05) is 27.8 Å².